The third-order valence-electron chi connectivity index (χ3n) is 5.02. The molecule has 2 bridgehead atoms. The lowest BCUT2D eigenvalue weighted by atomic mass is 9.75. The van der Waals surface area contributed by atoms with E-state index in [-0.39, 0.29) is 6.10 Å². The first-order valence-corrected chi connectivity index (χ1v) is 6.86. The van der Waals surface area contributed by atoms with Gasteiger partial charge in [-0.2, -0.15) is 0 Å². The van der Waals surface area contributed by atoms with Crippen LogP contribution in [0.5, 0.6) is 0 Å². The van der Waals surface area contributed by atoms with Gasteiger partial charge in [0, 0.05) is 18.0 Å². The molecule has 0 spiro atoms. The summed E-state index contributed by atoms with van der Waals surface area (Å²) in [6, 6.07) is 1.23. The van der Waals surface area contributed by atoms with Gasteiger partial charge in [0.25, 0.3) is 0 Å². The van der Waals surface area contributed by atoms with Crippen LogP contribution in [0.15, 0.2) is 0 Å². The number of nitrogens with one attached hydrogen (secondary N) is 1. The van der Waals surface area contributed by atoms with Crippen molar-refractivity contribution >= 4 is 0 Å². The number of fused-ring (bicyclic) bond motifs is 2. The smallest absolute Gasteiger partial charge is 0.0600 e. The van der Waals surface area contributed by atoms with Crippen molar-refractivity contribution in [2.75, 3.05) is 20.1 Å². The molecular weight excluding hydrogens is 200 g/mol. The van der Waals surface area contributed by atoms with Crippen LogP contribution in [-0.2, 0) is 0 Å². The van der Waals surface area contributed by atoms with Gasteiger partial charge in [-0.05, 0) is 58.2 Å². The van der Waals surface area contributed by atoms with Crippen LogP contribution in [-0.4, -0.2) is 48.3 Å². The molecule has 0 aliphatic carbocycles. The summed E-state index contributed by atoms with van der Waals surface area (Å²) in [5.41, 5.74) is 0. The summed E-state index contributed by atoms with van der Waals surface area (Å²) in [5, 5.41) is 14.0. The van der Waals surface area contributed by atoms with Gasteiger partial charge in [0.2, 0.25) is 0 Å². The molecule has 4 unspecified atom stereocenters. The number of aliphatic hydroxyl groups excluding tert-OH is 1. The molecule has 3 fully saturated rings. The van der Waals surface area contributed by atoms with Crippen molar-refractivity contribution in [3.8, 4) is 0 Å². The van der Waals surface area contributed by atoms with Gasteiger partial charge in [-0.1, -0.05) is 0 Å². The Bertz CT molecular complexity index is 250. The first-order chi connectivity index (χ1) is 7.74. The number of rotatable bonds is 1. The molecule has 3 heteroatoms. The zero-order valence-electron chi connectivity index (χ0n) is 10.2. The van der Waals surface area contributed by atoms with Crippen molar-refractivity contribution in [3.63, 3.8) is 0 Å². The topological polar surface area (TPSA) is 35.5 Å². The molecule has 2 N–H and O–H groups in total. The molecule has 3 aliphatic heterocycles. The Morgan fingerprint density at radius 2 is 1.88 bits per heavy atom. The Morgan fingerprint density at radius 1 is 1.12 bits per heavy atom. The molecule has 92 valence electrons. The van der Waals surface area contributed by atoms with E-state index in [0.717, 1.165) is 12.3 Å². The lowest BCUT2D eigenvalue weighted by molar-refractivity contribution is 0.00255. The van der Waals surface area contributed by atoms with Gasteiger partial charge in [-0.25, -0.2) is 0 Å². The Balaban J connectivity index is 1.68. The highest BCUT2D eigenvalue weighted by Gasteiger charge is 2.44. The monoisotopic (exact) mass is 224 g/mol. The molecule has 0 aromatic heterocycles. The maximum Gasteiger partial charge on any atom is 0.0600 e. The van der Waals surface area contributed by atoms with E-state index in [1.807, 2.05) is 0 Å². The van der Waals surface area contributed by atoms with Crippen molar-refractivity contribution < 1.29 is 5.11 Å². The van der Waals surface area contributed by atoms with Gasteiger partial charge in [-0.15, -0.1) is 0 Å². The minimum absolute atomic E-state index is 0.0350. The minimum Gasteiger partial charge on any atom is -0.393 e. The summed E-state index contributed by atoms with van der Waals surface area (Å²) in [7, 11) is 2.21. The summed E-state index contributed by atoms with van der Waals surface area (Å²) in [5.74, 6) is 1.29. The molecule has 0 aromatic rings. The fourth-order valence-electron chi connectivity index (χ4n) is 4.11. The van der Waals surface area contributed by atoms with Crippen LogP contribution in [0.2, 0.25) is 0 Å². The van der Waals surface area contributed by atoms with E-state index in [9.17, 15) is 5.11 Å². The van der Waals surface area contributed by atoms with E-state index >= 15 is 0 Å². The number of hydrogen-bond donors (Lipinski definition) is 2. The molecule has 16 heavy (non-hydrogen) atoms. The molecule has 3 heterocycles. The van der Waals surface area contributed by atoms with Crippen LogP contribution in [0.4, 0.5) is 0 Å². The molecule has 0 amide bonds. The van der Waals surface area contributed by atoms with Crippen molar-refractivity contribution in [1.29, 1.82) is 0 Å². The van der Waals surface area contributed by atoms with Crippen LogP contribution >= 0.6 is 0 Å². The second-order valence-corrected chi connectivity index (χ2v) is 6.07. The third kappa shape index (κ3) is 1.89. The van der Waals surface area contributed by atoms with E-state index in [2.05, 4.69) is 17.3 Å². The second-order valence-electron chi connectivity index (χ2n) is 6.07. The quantitative estimate of drug-likeness (QED) is 0.692. The molecule has 3 aliphatic rings. The zero-order valence-corrected chi connectivity index (χ0v) is 10.2. The van der Waals surface area contributed by atoms with Crippen LogP contribution < -0.4 is 5.32 Å². The van der Waals surface area contributed by atoms with Crippen molar-refractivity contribution in [3.05, 3.63) is 0 Å². The Morgan fingerprint density at radius 3 is 2.62 bits per heavy atom. The maximum absolute atomic E-state index is 10.3. The Labute approximate surface area is 98.2 Å². The minimum atomic E-state index is -0.0350. The van der Waals surface area contributed by atoms with Crippen molar-refractivity contribution in [2.24, 2.45) is 11.8 Å². The van der Waals surface area contributed by atoms with Gasteiger partial charge in [-0.3, -0.25) is 0 Å². The Hall–Kier alpha value is -0.120. The zero-order chi connectivity index (χ0) is 11.1. The van der Waals surface area contributed by atoms with Crippen molar-refractivity contribution in [2.45, 2.75) is 50.3 Å². The highest BCUT2D eigenvalue weighted by molar-refractivity contribution is 5.00. The molecular formula is C13H24N2O. The molecule has 0 radical (unpaired) electrons. The Kier molecular flexibility index (Phi) is 2.94. The number of aliphatic hydroxyl groups is 1. The first-order valence-electron chi connectivity index (χ1n) is 6.86. The highest BCUT2D eigenvalue weighted by Crippen LogP contribution is 2.39. The molecule has 0 aromatic carbocycles. The SMILES string of the molecule is CN1CCC(C2C(O)CC3CCC2N3)CC1. The van der Waals surface area contributed by atoms with Gasteiger partial charge in [0.05, 0.1) is 6.10 Å². The fraction of sp³-hybridized carbons (Fsp3) is 1.00. The van der Waals surface area contributed by atoms with E-state index < -0.39 is 0 Å². The van der Waals surface area contributed by atoms with Crippen LogP contribution in [0, 0.1) is 11.8 Å². The summed E-state index contributed by atoms with van der Waals surface area (Å²) in [6.07, 6.45) is 6.09. The lowest BCUT2D eigenvalue weighted by Crippen LogP contribution is -2.52. The van der Waals surface area contributed by atoms with E-state index in [1.54, 1.807) is 0 Å². The van der Waals surface area contributed by atoms with E-state index in [1.165, 1.54) is 38.8 Å². The number of nitrogens with zero attached hydrogens (tertiary/aromatic N) is 1. The largest absolute Gasteiger partial charge is 0.393 e. The van der Waals surface area contributed by atoms with Gasteiger partial charge < -0.3 is 15.3 Å². The molecule has 0 saturated carbocycles. The standard InChI is InChI=1S/C13H24N2O/c1-15-6-4-9(5-7-15)13-11-3-2-10(14-11)8-12(13)16/h9-14,16H,2-8H2,1H3. The fourth-order valence-corrected chi connectivity index (χ4v) is 4.11. The van der Waals surface area contributed by atoms with Crippen LogP contribution in [0.1, 0.15) is 32.1 Å². The third-order valence-corrected chi connectivity index (χ3v) is 5.02. The van der Waals surface area contributed by atoms with Gasteiger partial charge in [0.1, 0.15) is 0 Å². The predicted molar refractivity (Wildman–Crippen MR) is 64.3 cm³/mol. The van der Waals surface area contributed by atoms with Crippen molar-refractivity contribution in [1.82, 2.24) is 10.2 Å². The second kappa shape index (κ2) is 4.28. The van der Waals surface area contributed by atoms with E-state index in [0.29, 0.717) is 18.0 Å². The predicted octanol–water partition coefficient (Wildman–Crippen LogP) is 0.830. The molecule has 3 saturated heterocycles. The first kappa shape index (κ1) is 11.0. The molecule has 3 nitrogen and oxygen atoms in total. The maximum atomic E-state index is 10.3. The van der Waals surface area contributed by atoms with Crippen LogP contribution in [0.25, 0.3) is 0 Å². The normalized spacial score (nSPS) is 46.1. The number of hydrogen-bond acceptors (Lipinski definition) is 3. The molecule has 3 rings (SSSR count). The van der Waals surface area contributed by atoms with Crippen LogP contribution in [0.3, 0.4) is 0 Å². The summed E-state index contributed by atoms with van der Waals surface area (Å²) in [6.45, 7) is 2.42. The number of likely N-dealkylation sites (tertiary alicyclic amines) is 1. The summed E-state index contributed by atoms with van der Waals surface area (Å²) < 4.78 is 0. The highest BCUT2D eigenvalue weighted by atomic mass is 16.3. The molecule has 4 atom stereocenters. The number of piperidine rings is 2. The average Bonchev–Trinajstić information content (AvgIpc) is 2.64. The summed E-state index contributed by atoms with van der Waals surface area (Å²) >= 11 is 0. The summed E-state index contributed by atoms with van der Waals surface area (Å²) in [4.78, 5) is 2.41. The van der Waals surface area contributed by atoms with Gasteiger partial charge >= 0.3 is 0 Å². The average molecular weight is 224 g/mol. The lowest BCUT2D eigenvalue weighted by Gasteiger charge is -2.42. The van der Waals surface area contributed by atoms with E-state index in [4.69, 9.17) is 0 Å². The van der Waals surface area contributed by atoms with Gasteiger partial charge in [0.15, 0.2) is 0 Å².